The van der Waals surface area contributed by atoms with Gasteiger partial charge >= 0.3 is 0 Å². The van der Waals surface area contributed by atoms with Crippen LogP contribution in [0.5, 0.6) is 17.2 Å². The molecular weight excluding hydrogens is 452 g/mol. The average Bonchev–Trinajstić information content (AvgIpc) is 3.31. The molecule has 0 spiro atoms. The molecule has 0 aliphatic carbocycles. The number of β-lactam (4-membered cyclic amide) rings is 1. The van der Waals surface area contributed by atoms with E-state index in [0.29, 0.717) is 36.3 Å². The number of hydrogen-bond acceptors (Lipinski definition) is 7. The number of nitro groups is 1. The summed E-state index contributed by atoms with van der Waals surface area (Å²) in [5.41, 5.74) is 0.607. The quantitative estimate of drug-likeness (QED) is 0.304. The highest BCUT2D eigenvalue weighted by Crippen LogP contribution is 2.44. The summed E-state index contributed by atoms with van der Waals surface area (Å²) < 4.78 is 22.8. The Hall–Kier alpha value is -3.04. The SMILES string of the molecule is CCOc1cc([C@@H]2[C@@H](Oc3cccc([N+](=O)[O-])c3)C(=O)N2C[C@@H]2CCCO2)cc(Cl)c1OC. The van der Waals surface area contributed by atoms with Crippen LogP contribution in [0.4, 0.5) is 5.69 Å². The van der Waals surface area contributed by atoms with Crippen molar-refractivity contribution >= 4 is 23.2 Å². The first-order valence-corrected chi connectivity index (χ1v) is 11.1. The number of non-ortho nitro benzene ring substituents is 1. The van der Waals surface area contributed by atoms with Gasteiger partial charge in [0.1, 0.15) is 11.8 Å². The second-order valence-electron chi connectivity index (χ2n) is 7.83. The Labute approximate surface area is 196 Å². The van der Waals surface area contributed by atoms with E-state index in [1.165, 1.54) is 25.3 Å². The van der Waals surface area contributed by atoms with Crippen LogP contribution in [0.3, 0.4) is 0 Å². The summed E-state index contributed by atoms with van der Waals surface area (Å²) in [6.45, 7) is 3.36. The van der Waals surface area contributed by atoms with Gasteiger partial charge in [-0.15, -0.1) is 0 Å². The second kappa shape index (κ2) is 9.84. The van der Waals surface area contributed by atoms with Gasteiger partial charge < -0.3 is 23.8 Å². The van der Waals surface area contributed by atoms with Crippen molar-refractivity contribution in [1.29, 1.82) is 0 Å². The number of rotatable bonds is 9. The third-order valence-electron chi connectivity index (χ3n) is 5.74. The monoisotopic (exact) mass is 476 g/mol. The van der Waals surface area contributed by atoms with Crippen molar-refractivity contribution in [2.45, 2.75) is 38.0 Å². The highest BCUT2D eigenvalue weighted by molar-refractivity contribution is 6.32. The van der Waals surface area contributed by atoms with Crippen LogP contribution in [0, 0.1) is 10.1 Å². The molecule has 2 saturated heterocycles. The number of carbonyl (C=O) groups is 1. The normalized spacial score (nSPS) is 22.1. The number of ether oxygens (including phenoxy) is 4. The second-order valence-corrected chi connectivity index (χ2v) is 8.24. The van der Waals surface area contributed by atoms with Gasteiger partial charge in [-0.05, 0) is 43.5 Å². The van der Waals surface area contributed by atoms with E-state index in [4.69, 9.17) is 30.5 Å². The Morgan fingerprint density at radius 1 is 1.30 bits per heavy atom. The fourth-order valence-electron chi connectivity index (χ4n) is 4.23. The Bertz CT molecular complexity index is 1040. The maximum Gasteiger partial charge on any atom is 0.273 e. The zero-order chi connectivity index (χ0) is 23.5. The minimum absolute atomic E-state index is 0.0460. The van der Waals surface area contributed by atoms with Crippen LogP contribution >= 0.6 is 11.6 Å². The fourth-order valence-corrected chi connectivity index (χ4v) is 4.53. The molecule has 176 valence electrons. The molecule has 4 rings (SSSR count). The van der Waals surface area contributed by atoms with Gasteiger partial charge in [0.2, 0.25) is 6.10 Å². The number of carbonyl (C=O) groups excluding carboxylic acids is 1. The zero-order valence-corrected chi connectivity index (χ0v) is 19.1. The van der Waals surface area contributed by atoms with Gasteiger partial charge in [0.25, 0.3) is 11.6 Å². The topological polar surface area (TPSA) is 100 Å². The maximum atomic E-state index is 13.1. The van der Waals surface area contributed by atoms with Crippen molar-refractivity contribution in [3.63, 3.8) is 0 Å². The van der Waals surface area contributed by atoms with Gasteiger partial charge in [-0.2, -0.15) is 0 Å². The van der Waals surface area contributed by atoms with Crippen LogP contribution < -0.4 is 14.2 Å². The molecule has 2 aliphatic heterocycles. The molecule has 1 amide bonds. The van der Waals surface area contributed by atoms with Gasteiger partial charge in [-0.25, -0.2) is 0 Å². The lowest BCUT2D eigenvalue weighted by Gasteiger charge is -2.47. The van der Waals surface area contributed by atoms with E-state index in [0.717, 1.165) is 18.4 Å². The summed E-state index contributed by atoms with van der Waals surface area (Å²) >= 11 is 6.46. The molecule has 2 aromatic carbocycles. The van der Waals surface area contributed by atoms with Crippen molar-refractivity contribution in [3.05, 3.63) is 57.1 Å². The van der Waals surface area contributed by atoms with Gasteiger partial charge in [-0.1, -0.05) is 17.7 Å². The smallest absolute Gasteiger partial charge is 0.273 e. The summed E-state index contributed by atoms with van der Waals surface area (Å²) in [4.78, 5) is 25.4. The van der Waals surface area contributed by atoms with E-state index in [9.17, 15) is 14.9 Å². The maximum absolute atomic E-state index is 13.1. The summed E-state index contributed by atoms with van der Waals surface area (Å²) in [6.07, 6.45) is 0.913. The number of amides is 1. The molecule has 0 radical (unpaired) electrons. The molecule has 3 atom stereocenters. The van der Waals surface area contributed by atoms with E-state index in [1.807, 2.05) is 6.92 Å². The number of methoxy groups -OCH3 is 1. The Kier molecular flexibility index (Phi) is 6.90. The zero-order valence-electron chi connectivity index (χ0n) is 18.4. The molecule has 0 unspecified atom stereocenters. The standard InChI is InChI=1S/C23H25ClN2O7/c1-3-31-19-11-14(10-18(24)21(19)30-2)20-22(23(27)25(20)13-17-8-5-9-32-17)33-16-7-4-6-15(12-16)26(28)29/h4,6-7,10-12,17,20,22H,3,5,8-9,13H2,1-2H3/t17-,20+,22+/m0/s1. The summed E-state index contributed by atoms with van der Waals surface area (Å²) in [5.74, 6) is 0.906. The number of likely N-dealkylation sites (tertiary alicyclic amines) is 1. The number of halogens is 1. The average molecular weight is 477 g/mol. The minimum atomic E-state index is -0.868. The number of hydrogen-bond donors (Lipinski definition) is 0. The van der Waals surface area contributed by atoms with Crippen molar-refractivity contribution in [2.75, 3.05) is 26.9 Å². The minimum Gasteiger partial charge on any atom is -0.491 e. The van der Waals surface area contributed by atoms with Crippen molar-refractivity contribution in [3.8, 4) is 17.2 Å². The van der Waals surface area contributed by atoms with Gasteiger partial charge in [0, 0.05) is 19.2 Å². The summed E-state index contributed by atoms with van der Waals surface area (Å²) in [7, 11) is 1.51. The van der Waals surface area contributed by atoms with Crippen LogP contribution in [-0.2, 0) is 9.53 Å². The third-order valence-corrected chi connectivity index (χ3v) is 6.02. The first kappa shape index (κ1) is 23.1. The summed E-state index contributed by atoms with van der Waals surface area (Å²) in [5, 5.41) is 11.5. The number of benzene rings is 2. The van der Waals surface area contributed by atoms with E-state index in [1.54, 1.807) is 23.1 Å². The molecule has 2 heterocycles. The van der Waals surface area contributed by atoms with E-state index in [-0.39, 0.29) is 23.4 Å². The molecule has 0 saturated carbocycles. The first-order valence-electron chi connectivity index (χ1n) is 10.8. The van der Waals surface area contributed by atoms with Crippen molar-refractivity contribution in [1.82, 2.24) is 4.90 Å². The number of nitrogens with zero attached hydrogens (tertiary/aromatic N) is 2. The van der Waals surface area contributed by atoms with Crippen LogP contribution in [-0.4, -0.2) is 54.8 Å². The molecule has 10 heteroatoms. The predicted molar refractivity (Wildman–Crippen MR) is 120 cm³/mol. The van der Waals surface area contributed by atoms with Crippen LogP contribution in [0.15, 0.2) is 36.4 Å². The molecule has 0 aromatic heterocycles. The lowest BCUT2D eigenvalue weighted by Crippen LogP contribution is -2.62. The molecule has 2 fully saturated rings. The first-order chi connectivity index (χ1) is 15.9. The highest BCUT2D eigenvalue weighted by atomic mass is 35.5. The molecule has 0 bridgehead atoms. The van der Waals surface area contributed by atoms with Gasteiger partial charge in [-0.3, -0.25) is 14.9 Å². The predicted octanol–water partition coefficient (Wildman–Crippen LogP) is 4.17. The highest BCUT2D eigenvalue weighted by Gasteiger charge is 2.51. The molecular formula is C23H25ClN2O7. The summed E-state index contributed by atoms with van der Waals surface area (Å²) in [6, 6.07) is 8.83. The third kappa shape index (κ3) is 4.69. The largest absolute Gasteiger partial charge is 0.491 e. The number of nitro benzene ring substituents is 1. The van der Waals surface area contributed by atoms with E-state index >= 15 is 0 Å². The molecule has 2 aliphatic rings. The van der Waals surface area contributed by atoms with Gasteiger partial charge in [0.15, 0.2) is 11.5 Å². The molecule has 33 heavy (non-hydrogen) atoms. The fraction of sp³-hybridized carbons (Fsp3) is 0.435. The van der Waals surface area contributed by atoms with Crippen LogP contribution in [0.2, 0.25) is 5.02 Å². The Morgan fingerprint density at radius 3 is 2.79 bits per heavy atom. The molecule has 0 N–H and O–H groups in total. The van der Waals surface area contributed by atoms with E-state index in [2.05, 4.69) is 0 Å². The lowest BCUT2D eigenvalue weighted by molar-refractivity contribution is -0.385. The van der Waals surface area contributed by atoms with Crippen LogP contribution in [0.25, 0.3) is 0 Å². The van der Waals surface area contributed by atoms with E-state index < -0.39 is 17.1 Å². The molecule has 2 aromatic rings. The Morgan fingerprint density at radius 2 is 2.12 bits per heavy atom. The molecule has 9 nitrogen and oxygen atoms in total. The van der Waals surface area contributed by atoms with Crippen molar-refractivity contribution in [2.24, 2.45) is 0 Å². The lowest BCUT2D eigenvalue weighted by atomic mass is 9.89. The van der Waals surface area contributed by atoms with Crippen LogP contribution in [0.1, 0.15) is 31.4 Å². The Balaban J connectivity index is 1.67. The van der Waals surface area contributed by atoms with Gasteiger partial charge in [0.05, 0.1) is 35.8 Å². The van der Waals surface area contributed by atoms with Crippen molar-refractivity contribution < 1.29 is 28.7 Å².